The van der Waals surface area contributed by atoms with E-state index in [1.54, 1.807) is 0 Å². The van der Waals surface area contributed by atoms with Gasteiger partial charge in [-0.1, -0.05) is 12.2 Å². The van der Waals surface area contributed by atoms with Gasteiger partial charge in [-0.15, -0.1) is 0 Å². The van der Waals surface area contributed by atoms with Gasteiger partial charge < -0.3 is 9.47 Å². The van der Waals surface area contributed by atoms with Crippen LogP contribution in [0, 0.1) is 0 Å². The Hall–Kier alpha value is -0.760. The Bertz CT molecular complexity index is 200. The molecule has 0 spiro atoms. The SMILES string of the molecule is C1=CCC(CCC2CC=CO2)OC1. The van der Waals surface area contributed by atoms with Gasteiger partial charge in [0.15, 0.2) is 0 Å². The van der Waals surface area contributed by atoms with Gasteiger partial charge in [-0.25, -0.2) is 0 Å². The Labute approximate surface area is 79.2 Å². The summed E-state index contributed by atoms with van der Waals surface area (Å²) in [6.07, 6.45) is 13.4. The standard InChI is InChI=1S/C11H16O2/c1-2-8-12-10(4-1)6-7-11-5-3-9-13-11/h1-3,9-11H,4-8H2. The zero-order valence-corrected chi connectivity index (χ0v) is 7.82. The van der Waals surface area contributed by atoms with Gasteiger partial charge in [0, 0.05) is 6.42 Å². The van der Waals surface area contributed by atoms with Crippen LogP contribution in [-0.2, 0) is 9.47 Å². The Balaban J connectivity index is 1.64. The number of hydrogen-bond acceptors (Lipinski definition) is 2. The average molecular weight is 180 g/mol. The highest BCUT2D eigenvalue weighted by Gasteiger charge is 2.16. The molecule has 0 amide bonds. The molecule has 2 aliphatic heterocycles. The van der Waals surface area contributed by atoms with E-state index in [1.807, 2.05) is 6.26 Å². The van der Waals surface area contributed by atoms with Crippen LogP contribution in [0.25, 0.3) is 0 Å². The van der Waals surface area contributed by atoms with E-state index in [9.17, 15) is 0 Å². The van der Waals surface area contributed by atoms with Crippen molar-refractivity contribution in [1.29, 1.82) is 0 Å². The predicted molar refractivity (Wildman–Crippen MR) is 51.4 cm³/mol. The van der Waals surface area contributed by atoms with Crippen molar-refractivity contribution in [2.75, 3.05) is 6.61 Å². The molecule has 0 fully saturated rings. The molecule has 2 unspecified atom stereocenters. The fourth-order valence-corrected chi connectivity index (χ4v) is 1.76. The zero-order chi connectivity index (χ0) is 8.93. The van der Waals surface area contributed by atoms with Gasteiger partial charge in [-0.05, 0) is 25.3 Å². The van der Waals surface area contributed by atoms with Gasteiger partial charge in [-0.2, -0.15) is 0 Å². The van der Waals surface area contributed by atoms with Crippen molar-refractivity contribution in [3.05, 3.63) is 24.5 Å². The molecule has 0 saturated heterocycles. The third-order valence-corrected chi connectivity index (χ3v) is 2.57. The molecule has 2 heterocycles. The van der Waals surface area contributed by atoms with Crippen molar-refractivity contribution < 1.29 is 9.47 Å². The summed E-state index contributed by atoms with van der Waals surface area (Å²) in [7, 11) is 0. The highest BCUT2D eigenvalue weighted by Crippen LogP contribution is 2.19. The largest absolute Gasteiger partial charge is 0.498 e. The van der Waals surface area contributed by atoms with Crippen molar-refractivity contribution in [3.8, 4) is 0 Å². The van der Waals surface area contributed by atoms with Gasteiger partial charge in [-0.3, -0.25) is 0 Å². The van der Waals surface area contributed by atoms with Crippen LogP contribution in [0.15, 0.2) is 24.5 Å². The van der Waals surface area contributed by atoms with Crippen LogP contribution >= 0.6 is 0 Å². The van der Waals surface area contributed by atoms with Gasteiger partial charge >= 0.3 is 0 Å². The lowest BCUT2D eigenvalue weighted by Gasteiger charge is -2.20. The summed E-state index contributed by atoms with van der Waals surface area (Å²) >= 11 is 0. The van der Waals surface area contributed by atoms with Crippen LogP contribution in [0.3, 0.4) is 0 Å². The zero-order valence-electron chi connectivity index (χ0n) is 7.82. The Morgan fingerprint density at radius 2 is 1.85 bits per heavy atom. The molecule has 13 heavy (non-hydrogen) atoms. The topological polar surface area (TPSA) is 18.5 Å². The van der Waals surface area contributed by atoms with Crippen molar-refractivity contribution in [1.82, 2.24) is 0 Å². The van der Waals surface area contributed by atoms with E-state index in [2.05, 4.69) is 18.2 Å². The molecule has 0 aliphatic carbocycles. The summed E-state index contributed by atoms with van der Waals surface area (Å²) in [6, 6.07) is 0. The maximum atomic E-state index is 5.57. The monoisotopic (exact) mass is 180 g/mol. The summed E-state index contributed by atoms with van der Waals surface area (Å²) < 4.78 is 11.0. The fourth-order valence-electron chi connectivity index (χ4n) is 1.76. The van der Waals surface area contributed by atoms with Gasteiger partial charge in [0.05, 0.1) is 19.0 Å². The molecule has 0 N–H and O–H groups in total. The van der Waals surface area contributed by atoms with E-state index < -0.39 is 0 Å². The molecule has 2 nitrogen and oxygen atoms in total. The molecule has 2 heteroatoms. The van der Waals surface area contributed by atoms with Crippen LogP contribution in [0.1, 0.15) is 25.7 Å². The Kier molecular flexibility index (Phi) is 3.03. The quantitative estimate of drug-likeness (QED) is 0.621. The molecule has 0 bridgehead atoms. The van der Waals surface area contributed by atoms with E-state index in [-0.39, 0.29) is 0 Å². The van der Waals surface area contributed by atoms with Gasteiger partial charge in [0.1, 0.15) is 6.10 Å². The number of hydrogen-bond donors (Lipinski definition) is 0. The van der Waals surface area contributed by atoms with Crippen LogP contribution in [-0.4, -0.2) is 18.8 Å². The van der Waals surface area contributed by atoms with Crippen molar-refractivity contribution in [2.24, 2.45) is 0 Å². The van der Waals surface area contributed by atoms with E-state index in [4.69, 9.17) is 9.47 Å². The molecule has 72 valence electrons. The molecule has 0 aromatic carbocycles. The molecule has 2 aliphatic rings. The first kappa shape index (κ1) is 8.82. The summed E-state index contributed by atoms with van der Waals surface area (Å²) in [6.45, 7) is 0.786. The molecule has 0 saturated carbocycles. The first-order valence-corrected chi connectivity index (χ1v) is 5.02. The molecule has 0 aromatic rings. The lowest BCUT2D eigenvalue weighted by Crippen LogP contribution is -2.18. The summed E-state index contributed by atoms with van der Waals surface area (Å²) in [5, 5.41) is 0. The molecule has 0 aromatic heterocycles. The minimum atomic E-state index is 0.412. The van der Waals surface area contributed by atoms with Crippen LogP contribution in [0.5, 0.6) is 0 Å². The smallest absolute Gasteiger partial charge is 0.101 e. The Morgan fingerprint density at radius 1 is 1.00 bits per heavy atom. The molecular formula is C11H16O2. The van der Waals surface area contributed by atoms with E-state index in [1.165, 1.54) is 0 Å². The third-order valence-electron chi connectivity index (χ3n) is 2.57. The van der Waals surface area contributed by atoms with Gasteiger partial charge in [0.25, 0.3) is 0 Å². The van der Waals surface area contributed by atoms with Crippen LogP contribution in [0.2, 0.25) is 0 Å². The second-order valence-electron chi connectivity index (χ2n) is 3.61. The number of ether oxygens (including phenoxy) is 2. The summed E-state index contributed by atoms with van der Waals surface area (Å²) in [5.41, 5.74) is 0. The Morgan fingerprint density at radius 3 is 2.54 bits per heavy atom. The molecular weight excluding hydrogens is 164 g/mol. The van der Waals surface area contributed by atoms with Crippen LogP contribution < -0.4 is 0 Å². The molecule has 2 atom stereocenters. The van der Waals surface area contributed by atoms with Crippen molar-refractivity contribution in [3.63, 3.8) is 0 Å². The maximum absolute atomic E-state index is 5.57. The highest BCUT2D eigenvalue weighted by molar-refractivity contribution is 4.91. The van der Waals surface area contributed by atoms with Crippen molar-refractivity contribution in [2.45, 2.75) is 37.9 Å². The lowest BCUT2D eigenvalue weighted by molar-refractivity contribution is 0.0473. The predicted octanol–water partition coefficient (Wildman–Crippen LogP) is 2.41. The van der Waals surface area contributed by atoms with Crippen molar-refractivity contribution >= 4 is 0 Å². The second-order valence-corrected chi connectivity index (χ2v) is 3.61. The minimum absolute atomic E-state index is 0.412. The van der Waals surface area contributed by atoms with Crippen LogP contribution in [0.4, 0.5) is 0 Å². The maximum Gasteiger partial charge on any atom is 0.101 e. The molecule has 0 radical (unpaired) electrons. The first-order valence-electron chi connectivity index (χ1n) is 5.02. The fraction of sp³-hybridized carbons (Fsp3) is 0.636. The average Bonchev–Trinajstić information content (AvgIpc) is 2.69. The highest BCUT2D eigenvalue weighted by atomic mass is 16.5. The lowest BCUT2D eigenvalue weighted by atomic mass is 10.0. The number of rotatable bonds is 3. The second kappa shape index (κ2) is 4.47. The van der Waals surface area contributed by atoms with E-state index in [0.717, 1.165) is 32.3 Å². The molecule has 2 rings (SSSR count). The summed E-state index contributed by atoms with van der Waals surface area (Å²) in [5.74, 6) is 0. The minimum Gasteiger partial charge on any atom is -0.498 e. The first-order chi connectivity index (χ1) is 6.45. The third kappa shape index (κ3) is 2.59. The van der Waals surface area contributed by atoms with E-state index in [0.29, 0.717) is 12.2 Å². The van der Waals surface area contributed by atoms with Gasteiger partial charge in [0.2, 0.25) is 0 Å². The van der Waals surface area contributed by atoms with E-state index >= 15 is 0 Å². The summed E-state index contributed by atoms with van der Waals surface area (Å²) in [4.78, 5) is 0. The normalized spacial score (nSPS) is 32.0.